The van der Waals surface area contributed by atoms with E-state index in [-0.39, 0.29) is 0 Å². The molecular formula is C25H28N2O. The Bertz CT molecular complexity index is 867. The van der Waals surface area contributed by atoms with Gasteiger partial charge in [0.1, 0.15) is 12.1 Å². The molecule has 0 radical (unpaired) electrons. The van der Waals surface area contributed by atoms with Gasteiger partial charge in [-0.1, -0.05) is 80.6 Å². The van der Waals surface area contributed by atoms with Crippen molar-refractivity contribution in [2.45, 2.75) is 25.8 Å². The van der Waals surface area contributed by atoms with Crippen molar-refractivity contribution in [3.63, 3.8) is 0 Å². The molecule has 2 N–H and O–H groups in total. The van der Waals surface area contributed by atoms with Gasteiger partial charge in [0.05, 0.1) is 11.4 Å². The van der Waals surface area contributed by atoms with Crippen LogP contribution in [0.1, 0.15) is 31.4 Å². The van der Waals surface area contributed by atoms with Gasteiger partial charge in [0.15, 0.2) is 5.75 Å². The van der Waals surface area contributed by atoms with Crippen LogP contribution in [0.25, 0.3) is 0 Å². The van der Waals surface area contributed by atoms with Crippen molar-refractivity contribution in [2.24, 2.45) is 5.92 Å². The van der Waals surface area contributed by atoms with E-state index in [4.69, 9.17) is 4.74 Å². The van der Waals surface area contributed by atoms with E-state index in [1.54, 1.807) is 0 Å². The zero-order valence-electron chi connectivity index (χ0n) is 16.6. The standard InChI is InChI=1S/C25H28N2O/c1-19(2)16-17-26-22-14-9-15-23-24(22)28-18-25(27-23,20-10-5-3-6-11-20)21-12-7-4-8-13-21/h3-15,19,26-27H,16-18H2,1-2H3. The van der Waals surface area contributed by atoms with Gasteiger partial charge < -0.3 is 15.4 Å². The summed E-state index contributed by atoms with van der Waals surface area (Å²) in [5.74, 6) is 1.59. The van der Waals surface area contributed by atoms with Crippen LogP contribution in [-0.2, 0) is 5.54 Å². The van der Waals surface area contributed by atoms with Crippen LogP contribution < -0.4 is 15.4 Å². The highest BCUT2D eigenvalue weighted by Crippen LogP contribution is 2.44. The van der Waals surface area contributed by atoms with Gasteiger partial charge in [0.2, 0.25) is 0 Å². The second kappa shape index (κ2) is 7.97. The number of ether oxygens (including phenoxy) is 1. The summed E-state index contributed by atoms with van der Waals surface area (Å²) < 4.78 is 6.41. The van der Waals surface area contributed by atoms with Crippen LogP contribution in [0.15, 0.2) is 78.9 Å². The molecule has 0 aliphatic carbocycles. The highest BCUT2D eigenvalue weighted by Gasteiger charge is 2.39. The van der Waals surface area contributed by atoms with E-state index >= 15 is 0 Å². The number of nitrogens with one attached hydrogen (secondary N) is 2. The molecule has 4 rings (SSSR count). The summed E-state index contributed by atoms with van der Waals surface area (Å²) in [6.45, 7) is 5.97. The van der Waals surface area contributed by atoms with Crippen molar-refractivity contribution in [1.29, 1.82) is 0 Å². The van der Waals surface area contributed by atoms with Gasteiger partial charge in [-0.05, 0) is 35.6 Å². The molecule has 28 heavy (non-hydrogen) atoms. The number of hydrogen-bond donors (Lipinski definition) is 2. The Morgan fingerprint density at radius 1 is 0.893 bits per heavy atom. The zero-order chi connectivity index (χ0) is 19.4. The molecular weight excluding hydrogens is 344 g/mol. The Kier molecular flexibility index (Phi) is 5.25. The highest BCUT2D eigenvalue weighted by molar-refractivity contribution is 5.74. The number of para-hydroxylation sites is 1. The molecule has 0 spiro atoms. The topological polar surface area (TPSA) is 33.3 Å². The summed E-state index contributed by atoms with van der Waals surface area (Å²) in [5, 5.41) is 7.36. The third-order valence-corrected chi connectivity index (χ3v) is 5.37. The van der Waals surface area contributed by atoms with Gasteiger partial charge in [-0.15, -0.1) is 0 Å². The SMILES string of the molecule is CC(C)CCNc1cccc2c1OCC(c1ccccc1)(c1ccccc1)N2. The fourth-order valence-electron chi connectivity index (χ4n) is 3.80. The van der Waals surface area contributed by atoms with Crippen LogP contribution in [-0.4, -0.2) is 13.2 Å². The fourth-order valence-corrected chi connectivity index (χ4v) is 3.80. The van der Waals surface area contributed by atoms with Crippen molar-refractivity contribution in [3.8, 4) is 5.75 Å². The summed E-state index contributed by atoms with van der Waals surface area (Å²) in [7, 11) is 0. The van der Waals surface area contributed by atoms with E-state index in [2.05, 4.69) is 103 Å². The maximum atomic E-state index is 6.41. The predicted molar refractivity (Wildman–Crippen MR) is 117 cm³/mol. The fraction of sp³-hybridized carbons (Fsp3) is 0.280. The Labute approximate surface area is 167 Å². The van der Waals surface area contributed by atoms with Crippen LogP contribution in [0.4, 0.5) is 11.4 Å². The van der Waals surface area contributed by atoms with Gasteiger partial charge in [0, 0.05) is 6.54 Å². The van der Waals surface area contributed by atoms with Gasteiger partial charge in [-0.3, -0.25) is 0 Å². The van der Waals surface area contributed by atoms with Crippen molar-refractivity contribution in [3.05, 3.63) is 90.0 Å². The highest BCUT2D eigenvalue weighted by atomic mass is 16.5. The Hall–Kier alpha value is -2.94. The average molecular weight is 373 g/mol. The summed E-state index contributed by atoms with van der Waals surface area (Å²) in [4.78, 5) is 0. The lowest BCUT2D eigenvalue weighted by Gasteiger charge is -2.41. The molecule has 1 aliphatic heterocycles. The van der Waals surface area contributed by atoms with Crippen LogP contribution in [0.2, 0.25) is 0 Å². The molecule has 1 heterocycles. The summed E-state index contributed by atoms with van der Waals surface area (Å²) in [6.07, 6.45) is 1.13. The minimum Gasteiger partial charge on any atom is -0.486 e. The third kappa shape index (κ3) is 3.57. The van der Waals surface area contributed by atoms with Gasteiger partial charge in [-0.2, -0.15) is 0 Å². The second-order valence-electron chi connectivity index (χ2n) is 7.84. The molecule has 0 bridgehead atoms. The molecule has 3 nitrogen and oxygen atoms in total. The van der Waals surface area contributed by atoms with E-state index in [1.165, 1.54) is 11.1 Å². The lowest BCUT2D eigenvalue weighted by atomic mass is 9.82. The number of hydrogen-bond acceptors (Lipinski definition) is 3. The lowest BCUT2D eigenvalue weighted by molar-refractivity contribution is 0.245. The minimum atomic E-state index is -0.411. The van der Waals surface area contributed by atoms with Gasteiger partial charge in [0.25, 0.3) is 0 Å². The van der Waals surface area contributed by atoms with E-state index in [0.29, 0.717) is 12.5 Å². The molecule has 0 saturated carbocycles. The third-order valence-electron chi connectivity index (χ3n) is 5.37. The summed E-state index contributed by atoms with van der Waals surface area (Å²) in [5.41, 5.74) is 4.07. The van der Waals surface area contributed by atoms with Crippen molar-refractivity contribution in [2.75, 3.05) is 23.8 Å². The van der Waals surface area contributed by atoms with E-state index in [1.807, 2.05) is 0 Å². The molecule has 144 valence electrons. The largest absolute Gasteiger partial charge is 0.486 e. The molecule has 1 aliphatic rings. The zero-order valence-corrected chi connectivity index (χ0v) is 16.6. The maximum Gasteiger partial charge on any atom is 0.165 e. The average Bonchev–Trinajstić information content (AvgIpc) is 2.74. The molecule has 3 aromatic carbocycles. The molecule has 0 atom stereocenters. The van der Waals surface area contributed by atoms with Crippen LogP contribution in [0.5, 0.6) is 5.75 Å². The normalized spacial score (nSPS) is 14.7. The van der Waals surface area contributed by atoms with Crippen LogP contribution in [0, 0.1) is 5.92 Å². The van der Waals surface area contributed by atoms with Gasteiger partial charge in [-0.25, -0.2) is 0 Å². The van der Waals surface area contributed by atoms with E-state index < -0.39 is 5.54 Å². The Morgan fingerprint density at radius 2 is 1.54 bits per heavy atom. The van der Waals surface area contributed by atoms with E-state index in [9.17, 15) is 0 Å². The first-order valence-electron chi connectivity index (χ1n) is 10.1. The molecule has 0 amide bonds. The first-order chi connectivity index (χ1) is 13.7. The smallest absolute Gasteiger partial charge is 0.165 e. The number of benzene rings is 3. The number of fused-ring (bicyclic) bond motifs is 1. The maximum absolute atomic E-state index is 6.41. The second-order valence-corrected chi connectivity index (χ2v) is 7.84. The molecule has 0 aromatic heterocycles. The van der Waals surface area contributed by atoms with Crippen LogP contribution >= 0.6 is 0 Å². The quantitative estimate of drug-likeness (QED) is 0.566. The summed E-state index contributed by atoms with van der Waals surface area (Å²) >= 11 is 0. The molecule has 0 fully saturated rings. The minimum absolute atomic E-state index is 0.411. The number of anilines is 2. The van der Waals surface area contributed by atoms with Crippen molar-refractivity contribution < 1.29 is 4.74 Å². The molecule has 0 unspecified atom stereocenters. The first kappa shape index (κ1) is 18.4. The van der Waals surface area contributed by atoms with Crippen molar-refractivity contribution >= 4 is 11.4 Å². The first-order valence-corrected chi connectivity index (χ1v) is 10.1. The van der Waals surface area contributed by atoms with E-state index in [0.717, 1.165) is 30.1 Å². The van der Waals surface area contributed by atoms with Crippen LogP contribution in [0.3, 0.4) is 0 Å². The molecule has 3 heteroatoms. The Morgan fingerprint density at radius 3 is 2.14 bits per heavy atom. The van der Waals surface area contributed by atoms with Gasteiger partial charge >= 0.3 is 0 Å². The molecule has 0 saturated heterocycles. The monoisotopic (exact) mass is 372 g/mol. The van der Waals surface area contributed by atoms with Crippen molar-refractivity contribution in [1.82, 2.24) is 0 Å². The predicted octanol–water partition coefficient (Wildman–Crippen LogP) is 5.89. The molecule has 3 aromatic rings. The summed E-state index contributed by atoms with van der Waals surface area (Å²) in [6, 6.07) is 27.4. The Balaban J connectivity index is 1.70. The number of rotatable bonds is 6. The lowest BCUT2D eigenvalue weighted by Crippen LogP contribution is -2.45.